The van der Waals surface area contributed by atoms with E-state index in [0.717, 1.165) is 0 Å². The highest BCUT2D eigenvalue weighted by molar-refractivity contribution is 6.41. The molecule has 3 aromatic rings. The van der Waals surface area contributed by atoms with Gasteiger partial charge in [0.05, 0.1) is 62.4 Å². The van der Waals surface area contributed by atoms with Gasteiger partial charge in [0.25, 0.3) is 0 Å². The first-order valence-electron chi connectivity index (χ1n) is 10.5. The summed E-state index contributed by atoms with van der Waals surface area (Å²) < 4.78 is 21.7. The van der Waals surface area contributed by atoms with Crippen LogP contribution >= 0.6 is 23.2 Å². The number of ether oxygens (including phenoxy) is 4. The first kappa shape index (κ1) is 24.8. The van der Waals surface area contributed by atoms with Crippen LogP contribution in [-0.2, 0) is 9.53 Å². The lowest BCUT2D eigenvalue weighted by Crippen LogP contribution is -2.45. The second-order valence-corrected chi connectivity index (χ2v) is 8.30. The Kier molecular flexibility index (Phi) is 7.44. The number of benzene rings is 1. The number of hydrogen-bond acceptors (Lipinski definition) is 9. The topological polar surface area (TPSA) is 117 Å². The SMILES string of the molecule is C=CC(=O)NC1COCC1Nc1ncc2cc(-c3c(Cl)c(OC)cc(OC)c3Cl)nc(OC)c2n1. The van der Waals surface area contributed by atoms with Gasteiger partial charge in [0, 0.05) is 23.2 Å². The first-order chi connectivity index (χ1) is 16.9. The van der Waals surface area contributed by atoms with Crippen molar-refractivity contribution in [1.29, 1.82) is 0 Å². The summed E-state index contributed by atoms with van der Waals surface area (Å²) in [7, 11) is 4.48. The number of carbonyl (C=O) groups excluding carboxylic acids is 1. The molecule has 0 saturated carbocycles. The largest absolute Gasteiger partial charge is 0.495 e. The van der Waals surface area contributed by atoms with Crippen molar-refractivity contribution in [2.45, 2.75) is 12.1 Å². The molecular weight excluding hydrogens is 497 g/mol. The molecule has 1 fully saturated rings. The van der Waals surface area contributed by atoms with Gasteiger partial charge >= 0.3 is 0 Å². The Hall–Kier alpha value is -3.34. The molecule has 1 aromatic carbocycles. The molecule has 2 N–H and O–H groups in total. The molecule has 35 heavy (non-hydrogen) atoms. The van der Waals surface area contributed by atoms with E-state index in [9.17, 15) is 4.79 Å². The highest BCUT2D eigenvalue weighted by atomic mass is 35.5. The Labute approximate surface area is 211 Å². The van der Waals surface area contributed by atoms with Crippen LogP contribution in [0.2, 0.25) is 10.0 Å². The van der Waals surface area contributed by atoms with Crippen LogP contribution in [0.5, 0.6) is 17.4 Å². The number of fused-ring (bicyclic) bond motifs is 1. The van der Waals surface area contributed by atoms with Gasteiger partial charge < -0.3 is 29.6 Å². The summed E-state index contributed by atoms with van der Waals surface area (Å²) in [6, 6.07) is 2.87. The molecule has 184 valence electrons. The number of nitrogens with one attached hydrogen (secondary N) is 2. The fourth-order valence-electron chi connectivity index (χ4n) is 3.71. The Balaban J connectivity index is 1.72. The summed E-state index contributed by atoms with van der Waals surface area (Å²) >= 11 is 13.1. The van der Waals surface area contributed by atoms with Crippen LogP contribution in [0.3, 0.4) is 0 Å². The average Bonchev–Trinajstić information content (AvgIpc) is 3.29. The summed E-state index contributed by atoms with van der Waals surface area (Å²) in [5.74, 6) is 1.07. The van der Waals surface area contributed by atoms with E-state index in [2.05, 4.69) is 32.2 Å². The van der Waals surface area contributed by atoms with Crippen molar-refractivity contribution in [1.82, 2.24) is 20.3 Å². The maximum Gasteiger partial charge on any atom is 0.243 e. The van der Waals surface area contributed by atoms with E-state index >= 15 is 0 Å². The molecule has 2 aromatic heterocycles. The number of halogens is 2. The zero-order chi connectivity index (χ0) is 25.1. The zero-order valence-electron chi connectivity index (χ0n) is 19.2. The maximum absolute atomic E-state index is 11.7. The summed E-state index contributed by atoms with van der Waals surface area (Å²) in [6.45, 7) is 4.22. The van der Waals surface area contributed by atoms with Crippen molar-refractivity contribution >= 4 is 46.0 Å². The molecule has 12 heteroatoms. The van der Waals surface area contributed by atoms with Gasteiger partial charge in [-0.25, -0.2) is 15.0 Å². The molecule has 2 atom stereocenters. The molecule has 0 aliphatic carbocycles. The van der Waals surface area contributed by atoms with Gasteiger partial charge in [-0.05, 0) is 12.1 Å². The normalized spacial score (nSPS) is 17.2. The molecule has 1 amide bonds. The molecule has 0 radical (unpaired) electrons. The second kappa shape index (κ2) is 10.5. The van der Waals surface area contributed by atoms with Crippen molar-refractivity contribution in [3.63, 3.8) is 0 Å². The van der Waals surface area contributed by atoms with Gasteiger partial charge in [0.15, 0.2) is 0 Å². The van der Waals surface area contributed by atoms with Gasteiger partial charge in [-0.15, -0.1) is 0 Å². The van der Waals surface area contributed by atoms with E-state index in [0.29, 0.717) is 52.8 Å². The fourth-order valence-corrected chi connectivity index (χ4v) is 4.40. The molecule has 2 unspecified atom stereocenters. The minimum Gasteiger partial charge on any atom is -0.495 e. The van der Waals surface area contributed by atoms with E-state index in [1.807, 2.05) is 0 Å². The molecule has 1 aliphatic heterocycles. The van der Waals surface area contributed by atoms with E-state index < -0.39 is 0 Å². The standard InChI is InChI=1S/C23H23Cl2N5O5/c1-5-17(31)27-13-9-35-10-14(13)29-23-26-8-11-6-12(28-22(34-4)21(11)30-23)18-19(24)15(32-2)7-16(33-3)20(18)25/h5-8,13-14H,1,9-10H2,2-4H3,(H,27,31)(H,26,29,30). The van der Waals surface area contributed by atoms with Crippen LogP contribution in [0.25, 0.3) is 22.2 Å². The number of anilines is 1. The Bertz CT molecular complexity index is 1260. The molecule has 1 aliphatic rings. The Morgan fingerprint density at radius 2 is 1.77 bits per heavy atom. The molecule has 0 spiro atoms. The highest BCUT2D eigenvalue weighted by Crippen LogP contribution is 2.46. The van der Waals surface area contributed by atoms with Crippen molar-refractivity contribution in [2.75, 3.05) is 39.9 Å². The minimum absolute atomic E-state index is 0.226. The van der Waals surface area contributed by atoms with Gasteiger partial charge in [0.2, 0.25) is 17.7 Å². The Morgan fingerprint density at radius 1 is 1.09 bits per heavy atom. The van der Waals surface area contributed by atoms with Crippen LogP contribution in [0.1, 0.15) is 0 Å². The van der Waals surface area contributed by atoms with Crippen LogP contribution in [0.15, 0.2) is 31.0 Å². The quantitative estimate of drug-likeness (QED) is 0.431. The van der Waals surface area contributed by atoms with Crippen LogP contribution < -0.4 is 24.8 Å². The van der Waals surface area contributed by atoms with E-state index in [4.69, 9.17) is 42.1 Å². The number of pyridine rings is 1. The summed E-state index contributed by atoms with van der Waals surface area (Å²) in [6.07, 6.45) is 2.84. The van der Waals surface area contributed by atoms with Crippen LogP contribution in [0.4, 0.5) is 5.95 Å². The predicted octanol–water partition coefficient (Wildman–Crippen LogP) is 3.51. The van der Waals surface area contributed by atoms with Crippen molar-refractivity contribution < 1.29 is 23.7 Å². The summed E-state index contributed by atoms with van der Waals surface area (Å²) in [5, 5.41) is 7.23. The number of carbonyl (C=O) groups is 1. The number of amides is 1. The minimum atomic E-state index is -0.281. The van der Waals surface area contributed by atoms with Gasteiger partial charge in [-0.3, -0.25) is 4.79 Å². The van der Waals surface area contributed by atoms with Gasteiger partial charge in [0.1, 0.15) is 17.0 Å². The molecule has 10 nitrogen and oxygen atoms in total. The summed E-state index contributed by atoms with van der Waals surface area (Å²) in [5.41, 5.74) is 1.33. The predicted molar refractivity (Wildman–Crippen MR) is 133 cm³/mol. The molecule has 3 heterocycles. The van der Waals surface area contributed by atoms with Crippen LogP contribution in [-0.4, -0.2) is 67.5 Å². The molecule has 0 bridgehead atoms. The maximum atomic E-state index is 11.7. The third-order valence-corrected chi connectivity index (χ3v) is 6.22. The molecule has 1 saturated heterocycles. The molecular formula is C23H23Cl2N5O5. The first-order valence-corrected chi connectivity index (χ1v) is 11.2. The Morgan fingerprint density at radius 3 is 2.40 bits per heavy atom. The number of rotatable bonds is 8. The second-order valence-electron chi connectivity index (χ2n) is 7.54. The van der Waals surface area contributed by atoms with Crippen molar-refractivity contribution in [2.24, 2.45) is 0 Å². The fraction of sp³-hybridized carbons (Fsp3) is 0.304. The number of nitrogens with zero attached hydrogens (tertiary/aromatic N) is 3. The van der Waals surface area contributed by atoms with E-state index in [1.165, 1.54) is 27.4 Å². The third kappa shape index (κ3) is 4.90. The van der Waals surface area contributed by atoms with Crippen molar-refractivity contribution in [3.8, 4) is 28.6 Å². The lowest BCUT2D eigenvalue weighted by molar-refractivity contribution is -0.117. The average molecular weight is 520 g/mol. The number of hydrogen-bond donors (Lipinski definition) is 2. The monoisotopic (exact) mass is 519 g/mol. The third-order valence-electron chi connectivity index (χ3n) is 5.47. The van der Waals surface area contributed by atoms with Gasteiger partial charge in [-0.1, -0.05) is 29.8 Å². The van der Waals surface area contributed by atoms with E-state index in [1.54, 1.807) is 18.3 Å². The van der Waals surface area contributed by atoms with Crippen molar-refractivity contribution in [3.05, 3.63) is 41.0 Å². The highest BCUT2D eigenvalue weighted by Gasteiger charge is 2.30. The summed E-state index contributed by atoms with van der Waals surface area (Å²) in [4.78, 5) is 25.3. The lowest BCUT2D eigenvalue weighted by Gasteiger charge is -2.20. The number of methoxy groups -OCH3 is 3. The van der Waals surface area contributed by atoms with Crippen LogP contribution in [0, 0.1) is 0 Å². The van der Waals surface area contributed by atoms with Gasteiger partial charge in [-0.2, -0.15) is 0 Å². The smallest absolute Gasteiger partial charge is 0.243 e. The molecule has 4 rings (SSSR count). The van der Waals surface area contributed by atoms with E-state index in [-0.39, 0.29) is 33.9 Å². The zero-order valence-corrected chi connectivity index (χ0v) is 20.7. The lowest BCUT2D eigenvalue weighted by atomic mass is 10.1. The number of aromatic nitrogens is 3.